The highest BCUT2D eigenvalue weighted by Crippen LogP contribution is 2.39. The van der Waals surface area contributed by atoms with Gasteiger partial charge in [-0.2, -0.15) is 0 Å². The van der Waals surface area contributed by atoms with Gasteiger partial charge in [-0.3, -0.25) is 14.6 Å². The molecule has 1 saturated carbocycles. The van der Waals surface area contributed by atoms with Crippen LogP contribution in [0.1, 0.15) is 37.3 Å². The van der Waals surface area contributed by atoms with Crippen LogP contribution in [0.15, 0.2) is 48.8 Å². The van der Waals surface area contributed by atoms with Crippen molar-refractivity contribution < 1.29 is 9.59 Å². The molecule has 1 aromatic carbocycles. The summed E-state index contributed by atoms with van der Waals surface area (Å²) in [4.78, 5) is 28.4. The van der Waals surface area contributed by atoms with Gasteiger partial charge in [0.25, 0.3) is 0 Å². The molecule has 0 saturated heterocycles. The molecule has 2 unspecified atom stereocenters. The highest BCUT2D eigenvalue weighted by molar-refractivity contribution is 5.99. The summed E-state index contributed by atoms with van der Waals surface area (Å²) in [5.41, 5.74) is 3.00. The fourth-order valence-corrected chi connectivity index (χ4v) is 2.78. The fourth-order valence-electron chi connectivity index (χ4n) is 2.78. The van der Waals surface area contributed by atoms with E-state index in [9.17, 15) is 9.59 Å². The van der Waals surface area contributed by atoms with Crippen molar-refractivity contribution in [2.24, 2.45) is 11.8 Å². The van der Waals surface area contributed by atoms with Gasteiger partial charge in [-0.1, -0.05) is 26.0 Å². The lowest BCUT2D eigenvalue weighted by atomic mass is 10.0. The van der Waals surface area contributed by atoms with Crippen LogP contribution in [0, 0.1) is 11.8 Å². The first kappa shape index (κ1) is 17.1. The molecule has 1 fully saturated rings. The number of pyridine rings is 1. The Hall–Kier alpha value is -2.69. The molecule has 3 rings (SSSR count). The summed E-state index contributed by atoms with van der Waals surface area (Å²) in [6, 6.07) is 11.6. The number of benzene rings is 1. The number of hydrogen-bond acceptors (Lipinski definition) is 3. The van der Waals surface area contributed by atoms with Gasteiger partial charge in [-0.25, -0.2) is 0 Å². The SMILES string of the molecule is CC(C)c1ccc(NC(=O)C2CC2C(=O)NCc2ccncc2)cc1. The number of carbonyl (C=O) groups excluding carboxylic acids is 2. The molecule has 1 aliphatic carbocycles. The Morgan fingerprint density at radius 3 is 2.32 bits per heavy atom. The molecule has 2 N–H and O–H groups in total. The number of amides is 2. The Morgan fingerprint density at radius 2 is 1.68 bits per heavy atom. The summed E-state index contributed by atoms with van der Waals surface area (Å²) < 4.78 is 0. The van der Waals surface area contributed by atoms with Crippen LogP contribution in [0.2, 0.25) is 0 Å². The van der Waals surface area contributed by atoms with Gasteiger partial charge >= 0.3 is 0 Å². The highest BCUT2D eigenvalue weighted by Gasteiger charge is 2.47. The van der Waals surface area contributed by atoms with Gasteiger partial charge in [0.2, 0.25) is 11.8 Å². The molecule has 2 aromatic rings. The second kappa shape index (κ2) is 7.47. The monoisotopic (exact) mass is 337 g/mol. The average Bonchev–Trinajstić information content (AvgIpc) is 3.42. The second-order valence-corrected chi connectivity index (χ2v) is 6.79. The van der Waals surface area contributed by atoms with Crippen molar-refractivity contribution >= 4 is 17.5 Å². The normalized spacial score (nSPS) is 18.7. The van der Waals surface area contributed by atoms with E-state index in [2.05, 4.69) is 29.5 Å². The molecule has 2 atom stereocenters. The summed E-state index contributed by atoms with van der Waals surface area (Å²) >= 11 is 0. The summed E-state index contributed by atoms with van der Waals surface area (Å²) in [5.74, 6) is -0.144. The highest BCUT2D eigenvalue weighted by atomic mass is 16.2. The van der Waals surface area contributed by atoms with Gasteiger partial charge in [0.15, 0.2) is 0 Å². The zero-order chi connectivity index (χ0) is 17.8. The first-order valence-electron chi connectivity index (χ1n) is 8.62. The quantitative estimate of drug-likeness (QED) is 0.851. The van der Waals surface area contributed by atoms with E-state index in [1.54, 1.807) is 12.4 Å². The van der Waals surface area contributed by atoms with Crippen LogP contribution in [-0.2, 0) is 16.1 Å². The van der Waals surface area contributed by atoms with Crippen molar-refractivity contribution in [3.8, 4) is 0 Å². The Kier molecular flexibility index (Phi) is 5.12. The zero-order valence-corrected chi connectivity index (χ0v) is 14.5. The topological polar surface area (TPSA) is 71.1 Å². The minimum atomic E-state index is -0.234. The predicted octanol–water partition coefficient (Wildman–Crippen LogP) is 3.10. The minimum Gasteiger partial charge on any atom is -0.352 e. The maximum absolute atomic E-state index is 12.3. The van der Waals surface area contributed by atoms with Crippen LogP contribution in [-0.4, -0.2) is 16.8 Å². The molecule has 5 heteroatoms. The third-order valence-corrected chi connectivity index (χ3v) is 4.52. The van der Waals surface area contributed by atoms with Crippen LogP contribution in [0.5, 0.6) is 0 Å². The number of carbonyl (C=O) groups is 2. The molecule has 5 nitrogen and oxygen atoms in total. The standard InChI is InChI=1S/C20H23N3O2/c1-13(2)15-3-5-16(6-4-15)23-20(25)18-11-17(18)19(24)22-12-14-7-9-21-10-8-14/h3-10,13,17-18H,11-12H2,1-2H3,(H,22,24)(H,23,25). The molecule has 0 aliphatic heterocycles. The van der Waals surface area contributed by atoms with E-state index >= 15 is 0 Å². The first-order chi connectivity index (χ1) is 12.0. The molecule has 1 aliphatic rings. The zero-order valence-electron chi connectivity index (χ0n) is 14.5. The van der Waals surface area contributed by atoms with E-state index in [1.165, 1.54) is 5.56 Å². The Morgan fingerprint density at radius 1 is 1.04 bits per heavy atom. The van der Waals surface area contributed by atoms with Crippen molar-refractivity contribution in [1.82, 2.24) is 10.3 Å². The van der Waals surface area contributed by atoms with Crippen LogP contribution in [0.25, 0.3) is 0 Å². The van der Waals surface area contributed by atoms with Crippen LogP contribution in [0.4, 0.5) is 5.69 Å². The van der Waals surface area contributed by atoms with E-state index in [0.29, 0.717) is 18.9 Å². The van der Waals surface area contributed by atoms with Gasteiger partial charge in [-0.15, -0.1) is 0 Å². The van der Waals surface area contributed by atoms with Gasteiger partial charge in [-0.05, 0) is 47.7 Å². The van der Waals surface area contributed by atoms with Crippen molar-refractivity contribution in [2.45, 2.75) is 32.7 Å². The molecule has 25 heavy (non-hydrogen) atoms. The number of rotatable bonds is 6. The van der Waals surface area contributed by atoms with E-state index in [-0.39, 0.29) is 23.7 Å². The van der Waals surface area contributed by atoms with E-state index < -0.39 is 0 Å². The predicted molar refractivity (Wildman–Crippen MR) is 96.8 cm³/mol. The van der Waals surface area contributed by atoms with Crippen LogP contribution < -0.4 is 10.6 Å². The summed E-state index contributed by atoms with van der Waals surface area (Å²) in [6.45, 7) is 4.72. The summed E-state index contributed by atoms with van der Waals surface area (Å²) in [5, 5.41) is 5.78. The molecular formula is C20H23N3O2. The molecule has 1 heterocycles. The first-order valence-corrected chi connectivity index (χ1v) is 8.62. The fraction of sp³-hybridized carbons (Fsp3) is 0.350. The average molecular weight is 337 g/mol. The maximum Gasteiger partial charge on any atom is 0.228 e. The number of hydrogen-bond donors (Lipinski definition) is 2. The third kappa shape index (κ3) is 4.44. The Bertz CT molecular complexity index is 741. The molecule has 0 bridgehead atoms. The molecular weight excluding hydrogens is 314 g/mol. The summed E-state index contributed by atoms with van der Waals surface area (Å²) in [7, 11) is 0. The molecule has 2 amide bonds. The van der Waals surface area contributed by atoms with Crippen molar-refractivity contribution in [2.75, 3.05) is 5.32 Å². The van der Waals surface area contributed by atoms with Gasteiger partial charge in [0.1, 0.15) is 0 Å². The van der Waals surface area contributed by atoms with Crippen molar-refractivity contribution in [3.63, 3.8) is 0 Å². The van der Waals surface area contributed by atoms with E-state index in [1.807, 2.05) is 36.4 Å². The number of nitrogens with zero attached hydrogens (tertiary/aromatic N) is 1. The lowest BCUT2D eigenvalue weighted by molar-refractivity contribution is -0.125. The molecule has 1 aromatic heterocycles. The van der Waals surface area contributed by atoms with Crippen molar-refractivity contribution in [1.29, 1.82) is 0 Å². The minimum absolute atomic E-state index is 0.0629. The third-order valence-electron chi connectivity index (χ3n) is 4.52. The van der Waals surface area contributed by atoms with Crippen LogP contribution >= 0.6 is 0 Å². The lowest BCUT2D eigenvalue weighted by Crippen LogP contribution is -2.27. The Balaban J connectivity index is 1.47. The van der Waals surface area contributed by atoms with E-state index in [4.69, 9.17) is 0 Å². The van der Waals surface area contributed by atoms with Gasteiger partial charge in [0, 0.05) is 24.6 Å². The summed E-state index contributed by atoms with van der Waals surface area (Å²) in [6.07, 6.45) is 4.00. The van der Waals surface area contributed by atoms with Gasteiger partial charge in [0.05, 0.1) is 11.8 Å². The number of anilines is 1. The largest absolute Gasteiger partial charge is 0.352 e. The van der Waals surface area contributed by atoms with Crippen LogP contribution in [0.3, 0.4) is 0 Å². The molecule has 0 radical (unpaired) electrons. The lowest BCUT2D eigenvalue weighted by Gasteiger charge is -2.08. The van der Waals surface area contributed by atoms with E-state index in [0.717, 1.165) is 11.3 Å². The van der Waals surface area contributed by atoms with Gasteiger partial charge < -0.3 is 10.6 Å². The molecule has 0 spiro atoms. The maximum atomic E-state index is 12.3. The Labute approximate surface area is 147 Å². The second-order valence-electron chi connectivity index (χ2n) is 6.79. The number of nitrogens with one attached hydrogen (secondary N) is 2. The molecule has 130 valence electrons. The smallest absolute Gasteiger partial charge is 0.228 e. The number of aromatic nitrogens is 1. The van der Waals surface area contributed by atoms with Crippen molar-refractivity contribution in [3.05, 3.63) is 59.9 Å².